The van der Waals surface area contributed by atoms with E-state index in [2.05, 4.69) is 0 Å². The average molecular weight is 295 g/mol. The highest BCUT2D eigenvalue weighted by atomic mass is 35.5. The van der Waals surface area contributed by atoms with Crippen LogP contribution >= 0.6 is 11.6 Å². The fourth-order valence-corrected chi connectivity index (χ4v) is 2.29. The Morgan fingerprint density at radius 3 is 2.50 bits per heavy atom. The molecule has 0 saturated carbocycles. The third-order valence-electron chi connectivity index (χ3n) is 3.29. The first-order valence-corrected chi connectivity index (χ1v) is 6.71. The summed E-state index contributed by atoms with van der Waals surface area (Å²) in [5.74, 6) is -0.327. The van der Waals surface area contributed by atoms with E-state index in [9.17, 15) is 9.50 Å². The van der Waals surface area contributed by atoms with Gasteiger partial charge >= 0.3 is 0 Å². The predicted molar refractivity (Wildman–Crippen MR) is 77.9 cm³/mol. The summed E-state index contributed by atoms with van der Waals surface area (Å²) in [7, 11) is 1.44. The molecule has 1 atom stereocenters. The number of aliphatic hydroxyl groups excluding tert-OH is 1. The lowest BCUT2D eigenvalue weighted by molar-refractivity contribution is 0.263. The highest BCUT2D eigenvalue weighted by Crippen LogP contribution is 2.27. The first-order valence-electron chi connectivity index (χ1n) is 6.33. The summed E-state index contributed by atoms with van der Waals surface area (Å²) < 4.78 is 19.1. The van der Waals surface area contributed by atoms with Gasteiger partial charge < -0.3 is 9.84 Å². The van der Waals surface area contributed by atoms with Crippen LogP contribution in [0.15, 0.2) is 42.5 Å². The normalized spacial score (nSPS) is 12.2. The van der Waals surface area contributed by atoms with Crippen molar-refractivity contribution < 1.29 is 14.2 Å². The van der Waals surface area contributed by atoms with E-state index in [0.717, 1.165) is 5.56 Å². The van der Waals surface area contributed by atoms with Gasteiger partial charge in [-0.05, 0) is 35.7 Å². The van der Waals surface area contributed by atoms with E-state index in [-0.39, 0.29) is 24.1 Å². The van der Waals surface area contributed by atoms with Gasteiger partial charge in [0.15, 0.2) is 11.6 Å². The van der Waals surface area contributed by atoms with Crippen LogP contribution in [0.3, 0.4) is 0 Å². The highest BCUT2D eigenvalue weighted by molar-refractivity contribution is 6.30. The smallest absolute Gasteiger partial charge is 0.168 e. The quantitative estimate of drug-likeness (QED) is 0.909. The van der Waals surface area contributed by atoms with Gasteiger partial charge in [-0.1, -0.05) is 35.9 Å². The van der Waals surface area contributed by atoms with Crippen molar-refractivity contribution in [2.45, 2.75) is 12.3 Å². The molecule has 0 aliphatic carbocycles. The van der Waals surface area contributed by atoms with Gasteiger partial charge in [-0.2, -0.15) is 0 Å². The molecular weight excluding hydrogens is 279 g/mol. The van der Waals surface area contributed by atoms with Gasteiger partial charge in [-0.3, -0.25) is 0 Å². The Bertz CT molecular complexity index is 569. The second-order valence-electron chi connectivity index (χ2n) is 4.57. The Morgan fingerprint density at radius 1 is 1.20 bits per heavy atom. The SMILES string of the molecule is COc1cccc(CC(CO)c2ccc(Cl)cc2)c1F. The second-order valence-corrected chi connectivity index (χ2v) is 5.00. The molecule has 0 saturated heterocycles. The highest BCUT2D eigenvalue weighted by Gasteiger charge is 2.16. The fourth-order valence-electron chi connectivity index (χ4n) is 2.16. The lowest BCUT2D eigenvalue weighted by atomic mass is 9.92. The molecule has 4 heteroatoms. The Kier molecular flexibility index (Phi) is 4.99. The van der Waals surface area contributed by atoms with Gasteiger partial charge in [-0.25, -0.2) is 4.39 Å². The minimum Gasteiger partial charge on any atom is -0.494 e. The molecule has 1 unspecified atom stereocenters. The number of halogens is 2. The van der Waals surface area contributed by atoms with Crippen LogP contribution in [0.1, 0.15) is 17.0 Å². The molecule has 2 nitrogen and oxygen atoms in total. The lowest BCUT2D eigenvalue weighted by Crippen LogP contribution is -2.09. The molecule has 0 heterocycles. The number of benzene rings is 2. The van der Waals surface area contributed by atoms with Gasteiger partial charge in [0.2, 0.25) is 0 Å². The zero-order valence-electron chi connectivity index (χ0n) is 11.1. The first-order chi connectivity index (χ1) is 9.65. The van der Waals surface area contributed by atoms with Crippen molar-refractivity contribution in [1.29, 1.82) is 0 Å². The monoisotopic (exact) mass is 294 g/mol. The lowest BCUT2D eigenvalue weighted by Gasteiger charge is -2.16. The van der Waals surface area contributed by atoms with Crippen LogP contribution < -0.4 is 4.74 Å². The van der Waals surface area contributed by atoms with E-state index in [4.69, 9.17) is 16.3 Å². The predicted octanol–water partition coefficient (Wildman–Crippen LogP) is 3.81. The standard InChI is InChI=1S/C16H16ClFO2/c1-20-15-4-2-3-12(16(15)18)9-13(10-19)11-5-7-14(17)8-6-11/h2-8,13,19H,9-10H2,1H3. The van der Waals surface area contributed by atoms with Crippen LogP contribution in [-0.4, -0.2) is 18.8 Å². The average Bonchev–Trinajstić information content (AvgIpc) is 2.47. The van der Waals surface area contributed by atoms with E-state index < -0.39 is 0 Å². The maximum absolute atomic E-state index is 14.1. The van der Waals surface area contributed by atoms with Crippen molar-refractivity contribution in [1.82, 2.24) is 0 Å². The molecule has 0 fully saturated rings. The molecule has 20 heavy (non-hydrogen) atoms. The molecule has 106 valence electrons. The van der Waals surface area contributed by atoms with Crippen molar-refractivity contribution in [3.63, 3.8) is 0 Å². The zero-order chi connectivity index (χ0) is 14.5. The van der Waals surface area contributed by atoms with Crippen LogP contribution in [-0.2, 0) is 6.42 Å². The third-order valence-corrected chi connectivity index (χ3v) is 3.54. The Labute approximate surface area is 122 Å². The largest absolute Gasteiger partial charge is 0.494 e. The van der Waals surface area contributed by atoms with Crippen molar-refractivity contribution >= 4 is 11.6 Å². The van der Waals surface area contributed by atoms with E-state index in [1.807, 2.05) is 12.1 Å². The van der Waals surface area contributed by atoms with Crippen LogP contribution in [0.25, 0.3) is 0 Å². The molecule has 0 aromatic heterocycles. The molecule has 2 rings (SSSR count). The molecular formula is C16H16ClFO2. The molecule has 1 N–H and O–H groups in total. The van der Waals surface area contributed by atoms with Gasteiger partial charge in [0.05, 0.1) is 13.7 Å². The number of ether oxygens (including phenoxy) is 1. The van der Waals surface area contributed by atoms with Crippen LogP contribution in [0, 0.1) is 5.82 Å². The van der Waals surface area contributed by atoms with E-state index in [0.29, 0.717) is 17.0 Å². The fraction of sp³-hybridized carbons (Fsp3) is 0.250. The summed E-state index contributed by atoms with van der Waals surface area (Å²) in [5, 5.41) is 10.2. The number of methoxy groups -OCH3 is 1. The van der Waals surface area contributed by atoms with E-state index in [1.54, 1.807) is 30.3 Å². The summed E-state index contributed by atoms with van der Waals surface area (Å²) in [4.78, 5) is 0. The van der Waals surface area contributed by atoms with Gasteiger partial charge in [-0.15, -0.1) is 0 Å². The second kappa shape index (κ2) is 6.73. The molecule has 0 spiro atoms. The van der Waals surface area contributed by atoms with Crippen molar-refractivity contribution in [2.75, 3.05) is 13.7 Å². The number of hydrogen-bond donors (Lipinski definition) is 1. The summed E-state index contributed by atoms with van der Waals surface area (Å²) >= 11 is 5.85. The molecule has 2 aromatic rings. The maximum Gasteiger partial charge on any atom is 0.168 e. The number of aliphatic hydroxyl groups is 1. The minimum absolute atomic E-state index is 0.0573. The van der Waals surface area contributed by atoms with Crippen molar-refractivity contribution in [2.24, 2.45) is 0 Å². The van der Waals surface area contributed by atoms with Gasteiger partial charge in [0, 0.05) is 10.9 Å². The molecule has 0 amide bonds. The summed E-state index contributed by atoms with van der Waals surface area (Å²) in [6, 6.07) is 12.3. The van der Waals surface area contributed by atoms with Crippen molar-refractivity contribution in [3.05, 3.63) is 64.4 Å². The number of rotatable bonds is 5. The van der Waals surface area contributed by atoms with Crippen LogP contribution in [0.2, 0.25) is 5.02 Å². The Morgan fingerprint density at radius 2 is 1.90 bits per heavy atom. The number of hydrogen-bond acceptors (Lipinski definition) is 2. The van der Waals surface area contributed by atoms with Gasteiger partial charge in [0.1, 0.15) is 0 Å². The molecule has 0 radical (unpaired) electrons. The van der Waals surface area contributed by atoms with Crippen molar-refractivity contribution in [3.8, 4) is 5.75 Å². The third kappa shape index (κ3) is 3.30. The Hall–Kier alpha value is -1.58. The summed E-state index contributed by atoms with van der Waals surface area (Å²) in [6.45, 7) is -0.0573. The summed E-state index contributed by atoms with van der Waals surface area (Å²) in [6.07, 6.45) is 0.404. The molecule has 2 aromatic carbocycles. The van der Waals surface area contributed by atoms with Gasteiger partial charge in [0.25, 0.3) is 0 Å². The molecule has 0 bridgehead atoms. The molecule has 0 aliphatic rings. The zero-order valence-corrected chi connectivity index (χ0v) is 11.9. The molecule has 0 aliphatic heterocycles. The van der Waals surface area contributed by atoms with E-state index in [1.165, 1.54) is 7.11 Å². The Balaban J connectivity index is 2.24. The minimum atomic E-state index is -0.373. The first kappa shape index (κ1) is 14.8. The topological polar surface area (TPSA) is 29.5 Å². The summed E-state index contributed by atoms with van der Waals surface area (Å²) in [5.41, 5.74) is 1.46. The van der Waals surface area contributed by atoms with Crippen LogP contribution in [0.5, 0.6) is 5.75 Å². The van der Waals surface area contributed by atoms with Crippen LogP contribution in [0.4, 0.5) is 4.39 Å². The van der Waals surface area contributed by atoms with E-state index >= 15 is 0 Å². The maximum atomic E-state index is 14.1.